The largest absolute Gasteiger partial charge is 0.480 e. The van der Waals surface area contributed by atoms with Crippen molar-refractivity contribution in [3.05, 3.63) is 12.4 Å². The van der Waals surface area contributed by atoms with Crippen molar-refractivity contribution in [2.75, 3.05) is 0 Å². The number of hydrogen-bond acceptors (Lipinski definition) is 4. The number of carbonyl (C=O) groups excluding carboxylic acids is 1. The lowest BCUT2D eigenvalue weighted by Gasteiger charge is -2.37. The Hall–Kier alpha value is -1.92. The fraction of sp³-hybridized carbons (Fsp3) is 0.714. The first-order valence-corrected chi connectivity index (χ1v) is 7.44. The Morgan fingerprint density at radius 1 is 1.43 bits per heavy atom. The first kappa shape index (κ1) is 15.5. The van der Waals surface area contributed by atoms with Gasteiger partial charge in [0.05, 0.1) is 12.7 Å². The van der Waals surface area contributed by atoms with Crippen molar-refractivity contribution >= 4 is 11.9 Å². The molecule has 1 aliphatic rings. The van der Waals surface area contributed by atoms with Gasteiger partial charge in [0.25, 0.3) is 0 Å². The quantitative estimate of drug-likeness (QED) is 0.822. The molecule has 0 spiro atoms. The van der Waals surface area contributed by atoms with Crippen LogP contribution < -0.4 is 5.32 Å². The third kappa shape index (κ3) is 3.80. The molecule has 0 bridgehead atoms. The van der Waals surface area contributed by atoms with Crippen LogP contribution in [0.3, 0.4) is 0 Å². The minimum absolute atomic E-state index is 0.204. The van der Waals surface area contributed by atoms with E-state index in [4.69, 9.17) is 0 Å². The van der Waals surface area contributed by atoms with E-state index in [9.17, 15) is 14.7 Å². The number of amides is 1. The zero-order valence-electron chi connectivity index (χ0n) is 12.3. The normalized spacial score (nSPS) is 25.5. The predicted octanol–water partition coefficient (Wildman–Crippen LogP) is 1.21. The summed E-state index contributed by atoms with van der Waals surface area (Å²) in [6, 6.07) is 0. The average molecular weight is 294 g/mol. The molecule has 2 rings (SSSR count). The summed E-state index contributed by atoms with van der Waals surface area (Å²) in [4.78, 5) is 23.6. The molecule has 0 radical (unpaired) electrons. The number of carboxylic acid groups (broad SMARTS) is 1. The molecule has 0 aromatic carbocycles. The summed E-state index contributed by atoms with van der Waals surface area (Å²) in [5.74, 6) is -0.599. The molecule has 7 nitrogen and oxygen atoms in total. The lowest BCUT2D eigenvalue weighted by atomic mass is 9.75. The average Bonchev–Trinajstić information content (AvgIpc) is 2.99. The van der Waals surface area contributed by atoms with Crippen LogP contribution in [0.2, 0.25) is 0 Å². The van der Waals surface area contributed by atoms with Crippen LogP contribution in [0.5, 0.6) is 0 Å². The smallest absolute Gasteiger partial charge is 0.329 e. The van der Waals surface area contributed by atoms with Gasteiger partial charge in [-0.3, -0.25) is 9.48 Å². The Morgan fingerprint density at radius 2 is 2.14 bits per heavy atom. The summed E-state index contributed by atoms with van der Waals surface area (Å²) in [5, 5.41) is 19.7. The van der Waals surface area contributed by atoms with Gasteiger partial charge in [-0.15, -0.1) is 5.10 Å². The van der Waals surface area contributed by atoms with E-state index in [0.29, 0.717) is 25.3 Å². The molecule has 0 saturated heterocycles. The number of nitrogens with zero attached hydrogens (tertiary/aromatic N) is 3. The number of hydrogen-bond donors (Lipinski definition) is 2. The molecule has 1 aromatic rings. The molecule has 0 aliphatic heterocycles. The number of carboxylic acids is 1. The number of rotatable bonds is 6. The fourth-order valence-electron chi connectivity index (χ4n) is 2.87. The van der Waals surface area contributed by atoms with Gasteiger partial charge in [-0.1, -0.05) is 18.6 Å². The van der Waals surface area contributed by atoms with E-state index in [1.807, 2.05) is 0 Å². The number of aliphatic carboxylic acids is 1. The van der Waals surface area contributed by atoms with Gasteiger partial charge < -0.3 is 10.4 Å². The maximum atomic E-state index is 12.0. The van der Waals surface area contributed by atoms with Gasteiger partial charge in [0.1, 0.15) is 5.54 Å². The highest BCUT2D eigenvalue weighted by atomic mass is 16.4. The summed E-state index contributed by atoms with van der Waals surface area (Å²) >= 11 is 0. The highest BCUT2D eigenvalue weighted by molar-refractivity contribution is 5.87. The van der Waals surface area contributed by atoms with Crippen LogP contribution in [-0.4, -0.2) is 37.5 Å². The maximum Gasteiger partial charge on any atom is 0.329 e. The maximum absolute atomic E-state index is 12.0. The molecular weight excluding hydrogens is 272 g/mol. The topological polar surface area (TPSA) is 97.1 Å². The van der Waals surface area contributed by atoms with E-state index in [2.05, 4.69) is 22.6 Å². The van der Waals surface area contributed by atoms with Crippen molar-refractivity contribution in [1.82, 2.24) is 20.3 Å². The predicted molar refractivity (Wildman–Crippen MR) is 75.4 cm³/mol. The van der Waals surface area contributed by atoms with Crippen molar-refractivity contribution < 1.29 is 14.7 Å². The Kier molecular flexibility index (Phi) is 4.93. The lowest BCUT2D eigenvalue weighted by molar-refractivity contribution is -0.149. The molecule has 1 amide bonds. The number of aryl methyl sites for hydroxylation is 1. The molecule has 1 aliphatic carbocycles. The highest BCUT2D eigenvalue weighted by Gasteiger charge is 2.42. The van der Waals surface area contributed by atoms with E-state index in [1.54, 1.807) is 17.1 Å². The third-order valence-corrected chi connectivity index (χ3v) is 4.36. The molecule has 21 heavy (non-hydrogen) atoms. The van der Waals surface area contributed by atoms with Gasteiger partial charge in [-0.25, -0.2) is 4.79 Å². The zero-order chi connectivity index (χ0) is 15.3. The molecule has 1 heterocycles. The van der Waals surface area contributed by atoms with Crippen LogP contribution in [0.25, 0.3) is 0 Å². The van der Waals surface area contributed by atoms with Crippen LogP contribution in [0.4, 0.5) is 0 Å². The number of nitrogens with one attached hydrogen (secondary N) is 1. The summed E-state index contributed by atoms with van der Waals surface area (Å²) in [5.41, 5.74) is -1.09. The first-order valence-electron chi connectivity index (χ1n) is 7.44. The van der Waals surface area contributed by atoms with Gasteiger partial charge in [-0.2, -0.15) is 0 Å². The summed E-state index contributed by atoms with van der Waals surface area (Å²) in [6.07, 6.45) is 7.21. The zero-order valence-corrected chi connectivity index (χ0v) is 12.3. The second-order valence-corrected chi connectivity index (χ2v) is 5.70. The second kappa shape index (κ2) is 6.69. The van der Waals surface area contributed by atoms with Crippen LogP contribution in [0, 0.1) is 5.92 Å². The molecular formula is C14H22N4O3. The van der Waals surface area contributed by atoms with Crippen LogP contribution >= 0.6 is 0 Å². The minimum atomic E-state index is -1.09. The summed E-state index contributed by atoms with van der Waals surface area (Å²) in [6.45, 7) is 2.52. The van der Waals surface area contributed by atoms with Gasteiger partial charge in [0, 0.05) is 12.6 Å². The molecule has 2 N–H and O–H groups in total. The van der Waals surface area contributed by atoms with Crippen molar-refractivity contribution in [1.29, 1.82) is 0 Å². The number of aromatic nitrogens is 3. The van der Waals surface area contributed by atoms with Crippen molar-refractivity contribution in [3.63, 3.8) is 0 Å². The van der Waals surface area contributed by atoms with E-state index < -0.39 is 11.5 Å². The van der Waals surface area contributed by atoms with E-state index in [1.165, 1.54) is 0 Å². The van der Waals surface area contributed by atoms with E-state index in [-0.39, 0.29) is 12.3 Å². The molecule has 0 unspecified atom stereocenters. The molecule has 0 atom stereocenters. The fourth-order valence-corrected chi connectivity index (χ4v) is 2.87. The first-order chi connectivity index (χ1) is 10.1. The minimum Gasteiger partial charge on any atom is -0.480 e. The summed E-state index contributed by atoms with van der Waals surface area (Å²) in [7, 11) is 0. The monoisotopic (exact) mass is 294 g/mol. The van der Waals surface area contributed by atoms with Crippen molar-refractivity contribution in [3.8, 4) is 0 Å². The van der Waals surface area contributed by atoms with E-state index in [0.717, 1.165) is 19.3 Å². The Morgan fingerprint density at radius 3 is 2.67 bits per heavy atom. The van der Waals surface area contributed by atoms with Gasteiger partial charge in [-0.05, 0) is 31.6 Å². The second-order valence-electron chi connectivity index (χ2n) is 5.70. The van der Waals surface area contributed by atoms with Crippen molar-refractivity contribution in [2.45, 2.75) is 57.5 Å². The van der Waals surface area contributed by atoms with Crippen LogP contribution in [0.1, 0.15) is 45.4 Å². The third-order valence-electron chi connectivity index (χ3n) is 4.36. The standard InChI is InChI=1S/C14H22N4O3/c1-2-11-3-6-14(7-4-11,13(20)21)16-12(19)5-9-18-10-8-15-17-18/h8,10-11H,2-7,9H2,1H3,(H,16,19)(H,20,21). The SMILES string of the molecule is CCC1CCC(NC(=O)CCn2ccnn2)(C(=O)O)CC1. The van der Waals surface area contributed by atoms with Crippen molar-refractivity contribution in [2.24, 2.45) is 5.92 Å². The molecule has 1 aromatic heterocycles. The molecule has 1 saturated carbocycles. The molecule has 7 heteroatoms. The van der Waals surface area contributed by atoms with Crippen LogP contribution in [-0.2, 0) is 16.1 Å². The van der Waals surface area contributed by atoms with Gasteiger partial charge in [0.2, 0.25) is 5.91 Å². The van der Waals surface area contributed by atoms with Gasteiger partial charge >= 0.3 is 5.97 Å². The lowest BCUT2D eigenvalue weighted by Crippen LogP contribution is -2.56. The van der Waals surface area contributed by atoms with Crippen LogP contribution in [0.15, 0.2) is 12.4 Å². The number of carbonyl (C=O) groups is 2. The Balaban J connectivity index is 1.90. The van der Waals surface area contributed by atoms with Gasteiger partial charge in [0.15, 0.2) is 0 Å². The Labute approximate surface area is 123 Å². The molecule has 116 valence electrons. The van der Waals surface area contributed by atoms with E-state index >= 15 is 0 Å². The molecule has 1 fully saturated rings. The Bertz CT molecular complexity index is 478. The highest BCUT2D eigenvalue weighted by Crippen LogP contribution is 2.34. The summed E-state index contributed by atoms with van der Waals surface area (Å²) < 4.78 is 1.56.